The van der Waals surface area contributed by atoms with Crippen LogP contribution in [0.3, 0.4) is 0 Å². The first kappa shape index (κ1) is 25.9. The quantitative estimate of drug-likeness (QED) is 0.427. The van der Waals surface area contributed by atoms with Crippen LogP contribution in [0, 0.1) is 5.82 Å². The third-order valence-electron chi connectivity index (χ3n) is 4.39. The van der Waals surface area contributed by atoms with Crippen LogP contribution >= 0.6 is 11.6 Å². The van der Waals surface area contributed by atoms with Crippen molar-refractivity contribution in [3.63, 3.8) is 0 Å². The number of ether oxygens (including phenoxy) is 1. The van der Waals surface area contributed by atoms with Crippen molar-refractivity contribution in [2.24, 2.45) is 7.05 Å². The molecule has 0 bridgehead atoms. The summed E-state index contributed by atoms with van der Waals surface area (Å²) in [7, 11) is 0.767. The molecule has 1 heterocycles. The van der Waals surface area contributed by atoms with E-state index in [2.05, 4.69) is 5.32 Å². The summed E-state index contributed by atoms with van der Waals surface area (Å²) in [4.78, 5) is 47.2. The normalized spacial score (nSPS) is 12.3. The minimum atomic E-state index is -4.99. The number of carbonyl (C=O) groups excluding carboxylic acids is 1. The Bertz CT molecular complexity index is 1190. The van der Waals surface area contributed by atoms with Gasteiger partial charge in [-0.2, -0.15) is 13.2 Å². The van der Waals surface area contributed by atoms with E-state index >= 15 is 0 Å². The number of carbonyl (C=O) groups is 2. The van der Waals surface area contributed by atoms with Crippen molar-refractivity contribution in [2.75, 3.05) is 6.54 Å². The maximum absolute atomic E-state index is 14.5. The molecule has 1 aromatic carbocycles. The van der Waals surface area contributed by atoms with Gasteiger partial charge in [0.15, 0.2) is 6.10 Å². The number of carboxylic acids is 1. The molecule has 0 radical (unpaired) electrons. The minimum Gasteiger partial charge on any atom is -0.481 e. The summed E-state index contributed by atoms with van der Waals surface area (Å²) < 4.78 is 59.3. The fourth-order valence-corrected chi connectivity index (χ4v) is 2.93. The zero-order valence-corrected chi connectivity index (χ0v) is 18.0. The molecule has 33 heavy (non-hydrogen) atoms. The van der Waals surface area contributed by atoms with Gasteiger partial charge >= 0.3 is 17.8 Å². The third kappa shape index (κ3) is 6.12. The fraction of sp³-hybridized carbons (Fsp3) is 0.368. The molecule has 2 aromatic rings. The average Bonchev–Trinajstić information content (AvgIpc) is 2.70. The molecule has 0 saturated carbocycles. The number of aromatic nitrogens is 2. The Morgan fingerprint density at radius 1 is 1.24 bits per heavy atom. The first-order valence-corrected chi connectivity index (χ1v) is 9.67. The van der Waals surface area contributed by atoms with Crippen molar-refractivity contribution in [1.82, 2.24) is 14.5 Å². The number of alkyl halides is 3. The second-order valence-corrected chi connectivity index (χ2v) is 7.23. The Hall–Kier alpha value is -3.35. The number of hydrogen-bond donors (Lipinski definition) is 2. The lowest BCUT2D eigenvalue weighted by atomic mass is 10.2. The molecular weight excluding hydrogens is 478 g/mol. The Kier molecular flexibility index (Phi) is 7.90. The third-order valence-corrected chi connectivity index (χ3v) is 4.69. The first-order chi connectivity index (χ1) is 15.2. The summed E-state index contributed by atoms with van der Waals surface area (Å²) in [6.07, 6.45) is -6.21. The van der Waals surface area contributed by atoms with Gasteiger partial charge in [0.1, 0.15) is 17.3 Å². The second-order valence-electron chi connectivity index (χ2n) is 6.83. The number of nitrogens with zero attached hydrogens (tertiary/aromatic N) is 2. The smallest absolute Gasteiger partial charge is 0.431 e. The highest BCUT2D eigenvalue weighted by atomic mass is 35.5. The van der Waals surface area contributed by atoms with Gasteiger partial charge in [-0.1, -0.05) is 11.6 Å². The van der Waals surface area contributed by atoms with E-state index in [0.29, 0.717) is 6.07 Å². The molecule has 0 spiro atoms. The summed E-state index contributed by atoms with van der Waals surface area (Å²) in [5.41, 5.74) is -5.16. The van der Waals surface area contributed by atoms with E-state index in [0.717, 1.165) is 13.1 Å². The Balaban J connectivity index is 2.38. The summed E-state index contributed by atoms with van der Waals surface area (Å²) in [6, 6.07) is 1.62. The zero-order valence-electron chi connectivity index (χ0n) is 17.2. The Morgan fingerprint density at radius 3 is 2.45 bits per heavy atom. The molecule has 1 atom stereocenters. The number of nitrogens with one attached hydrogen (secondary N) is 1. The highest BCUT2D eigenvalue weighted by molar-refractivity contribution is 6.32. The van der Waals surface area contributed by atoms with Crippen molar-refractivity contribution in [3.8, 4) is 11.4 Å². The summed E-state index contributed by atoms with van der Waals surface area (Å²) in [5, 5.41) is 10.7. The van der Waals surface area contributed by atoms with Crippen LogP contribution in [-0.2, 0) is 22.8 Å². The lowest BCUT2D eigenvalue weighted by molar-refractivity contribution is -0.144. The Labute approximate surface area is 188 Å². The number of benzene rings is 1. The number of aliphatic carboxylic acids is 1. The van der Waals surface area contributed by atoms with Gasteiger partial charge < -0.3 is 15.2 Å². The highest BCUT2D eigenvalue weighted by Crippen LogP contribution is 2.30. The minimum absolute atomic E-state index is 0.0399. The predicted molar refractivity (Wildman–Crippen MR) is 107 cm³/mol. The summed E-state index contributed by atoms with van der Waals surface area (Å²) in [5.74, 6) is -3.22. The van der Waals surface area contributed by atoms with Gasteiger partial charge in [-0.25, -0.2) is 13.8 Å². The zero-order chi connectivity index (χ0) is 25.1. The number of carboxylic acid groups (broad SMARTS) is 1. The van der Waals surface area contributed by atoms with Crippen LogP contribution < -0.4 is 21.3 Å². The van der Waals surface area contributed by atoms with Gasteiger partial charge in [0.05, 0.1) is 10.7 Å². The molecule has 9 nitrogen and oxygen atoms in total. The largest absolute Gasteiger partial charge is 0.481 e. The molecule has 1 aromatic heterocycles. The number of halogens is 5. The van der Waals surface area contributed by atoms with E-state index in [-0.39, 0.29) is 45.4 Å². The standard InChI is InChI=1S/C19H18ClF4N3O6/c1-9(17(31)25-5-3-4-16(29)30)33-13-7-12(11(21)6-10(13)20)27-15(28)8-14(19(22,23)24)26(2)18(27)32/h6-9H,3-5H2,1-2H3,(H,25,31)(H,29,30). The predicted octanol–water partition coefficient (Wildman–Crippen LogP) is 2.10. The van der Waals surface area contributed by atoms with Gasteiger partial charge in [-0.15, -0.1) is 0 Å². The van der Waals surface area contributed by atoms with Gasteiger partial charge in [-0.05, 0) is 19.4 Å². The van der Waals surface area contributed by atoms with Crippen LogP contribution in [0.25, 0.3) is 5.69 Å². The lowest BCUT2D eigenvalue weighted by Crippen LogP contribution is -2.41. The van der Waals surface area contributed by atoms with Crippen molar-refractivity contribution in [2.45, 2.75) is 32.0 Å². The molecular formula is C19H18ClF4N3O6. The van der Waals surface area contributed by atoms with Crippen molar-refractivity contribution >= 4 is 23.5 Å². The van der Waals surface area contributed by atoms with Crippen LogP contribution in [0.5, 0.6) is 5.75 Å². The van der Waals surface area contributed by atoms with Crippen LogP contribution in [-0.4, -0.2) is 38.8 Å². The van der Waals surface area contributed by atoms with Crippen LogP contribution in [0.15, 0.2) is 27.8 Å². The van der Waals surface area contributed by atoms with Crippen molar-refractivity contribution in [3.05, 3.63) is 55.6 Å². The molecule has 1 unspecified atom stereocenters. The average molecular weight is 496 g/mol. The topological polar surface area (TPSA) is 120 Å². The number of hydrogen-bond acceptors (Lipinski definition) is 5. The van der Waals surface area contributed by atoms with Gasteiger partial charge in [0.25, 0.3) is 11.5 Å². The SMILES string of the molecule is CC(Oc1cc(-n2c(=O)cc(C(F)(F)F)n(C)c2=O)c(F)cc1Cl)C(=O)NCCCC(=O)O. The van der Waals surface area contributed by atoms with E-state index in [9.17, 15) is 36.7 Å². The molecule has 180 valence electrons. The van der Waals surface area contributed by atoms with E-state index in [4.69, 9.17) is 21.4 Å². The van der Waals surface area contributed by atoms with E-state index in [1.807, 2.05) is 0 Å². The summed E-state index contributed by atoms with van der Waals surface area (Å²) >= 11 is 5.91. The summed E-state index contributed by atoms with van der Waals surface area (Å²) in [6.45, 7) is 1.34. The van der Waals surface area contributed by atoms with Crippen molar-refractivity contribution in [1.29, 1.82) is 0 Å². The molecule has 1 amide bonds. The molecule has 0 aliphatic heterocycles. The molecule has 14 heteroatoms. The van der Waals surface area contributed by atoms with E-state index < -0.39 is 52.6 Å². The van der Waals surface area contributed by atoms with Crippen LogP contribution in [0.1, 0.15) is 25.5 Å². The molecule has 2 N–H and O–H groups in total. The maximum Gasteiger partial charge on any atom is 0.431 e. The number of amides is 1. The van der Waals surface area contributed by atoms with E-state index in [1.165, 1.54) is 6.92 Å². The van der Waals surface area contributed by atoms with Crippen LogP contribution in [0.2, 0.25) is 5.02 Å². The monoisotopic (exact) mass is 495 g/mol. The van der Waals surface area contributed by atoms with Crippen LogP contribution in [0.4, 0.5) is 17.6 Å². The van der Waals surface area contributed by atoms with Gasteiger partial charge in [0, 0.05) is 32.1 Å². The van der Waals surface area contributed by atoms with E-state index in [1.54, 1.807) is 0 Å². The Morgan fingerprint density at radius 2 is 1.88 bits per heavy atom. The molecule has 0 aliphatic carbocycles. The lowest BCUT2D eigenvalue weighted by Gasteiger charge is -2.18. The molecule has 0 aliphatic rings. The maximum atomic E-state index is 14.5. The second kappa shape index (κ2) is 10.1. The first-order valence-electron chi connectivity index (χ1n) is 9.30. The molecule has 0 fully saturated rings. The fourth-order valence-electron chi connectivity index (χ4n) is 2.74. The van der Waals surface area contributed by atoms with Gasteiger partial charge in [-0.3, -0.25) is 19.0 Å². The molecule has 2 rings (SSSR count). The molecule has 0 saturated heterocycles. The highest BCUT2D eigenvalue weighted by Gasteiger charge is 2.35. The van der Waals surface area contributed by atoms with Gasteiger partial charge in [0.2, 0.25) is 0 Å². The van der Waals surface area contributed by atoms with Crippen molar-refractivity contribution < 1.29 is 37.0 Å². The number of rotatable bonds is 8.